The number of ketones is 1. The molecule has 0 bridgehead atoms. The molecule has 1 saturated heterocycles. The number of nitrogens with zero attached hydrogens (tertiary/aromatic N) is 4. The van der Waals surface area contributed by atoms with Gasteiger partial charge >= 0.3 is 0 Å². The summed E-state index contributed by atoms with van der Waals surface area (Å²) in [4.78, 5) is 63.4. The van der Waals surface area contributed by atoms with E-state index in [1.165, 1.54) is 4.90 Å². The van der Waals surface area contributed by atoms with Gasteiger partial charge in [0.05, 0.1) is 55.1 Å². The third kappa shape index (κ3) is 9.46. The Balaban J connectivity index is 1.22. The number of ether oxygens (including phenoxy) is 4. The summed E-state index contributed by atoms with van der Waals surface area (Å²) >= 11 is 0. The minimum atomic E-state index is -3.88. The van der Waals surface area contributed by atoms with Crippen LogP contribution in [0.2, 0.25) is 0 Å². The van der Waals surface area contributed by atoms with E-state index in [2.05, 4.69) is 15.1 Å². The predicted molar refractivity (Wildman–Crippen MR) is 221 cm³/mol. The molecule has 3 fully saturated rings. The van der Waals surface area contributed by atoms with Crippen LogP contribution in [-0.4, -0.2) is 108 Å². The first-order chi connectivity index (χ1) is 28.7. The average molecular weight is 849 g/mol. The molecule has 0 spiro atoms. The minimum absolute atomic E-state index is 0.00513. The van der Waals surface area contributed by atoms with Gasteiger partial charge in [0.25, 0.3) is 5.91 Å². The maximum Gasteiger partial charge on any atom is 0.272 e. The summed E-state index contributed by atoms with van der Waals surface area (Å²) in [6.45, 7) is 6.52. The molecular formula is C43H56N6O10S. The maximum atomic E-state index is 14.8. The Kier molecular flexibility index (Phi) is 12.9. The molecular weight excluding hydrogens is 793 g/mol. The summed E-state index contributed by atoms with van der Waals surface area (Å²) in [6, 6.07) is 4.92. The molecule has 0 radical (unpaired) electrons. The first-order valence-corrected chi connectivity index (χ1v) is 22.5. The van der Waals surface area contributed by atoms with Crippen molar-refractivity contribution in [1.82, 2.24) is 29.7 Å². The van der Waals surface area contributed by atoms with Crippen LogP contribution in [-0.2, 0) is 35.7 Å². The number of allylic oxidation sites excluding steroid dienone is 2. The Morgan fingerprint density at radius 2 is 1.85 bits per heavy atom. The number of carbonyl (C=O) groups is 4. The Morgan fingerprint density at radius 3 is 2.58 bits per heavy atom. The van der Waals surface area contributed by atoms with E-state index in [1.807, 2.05) is 45.1 Å². The number of hydrogen-bond acceptors (Lipinski definition) is 12. The zero-order valence-corrected chi connectivity index (χ0v) is 35.8. The summed E-state index contributed by atoms with van der Waals surface area (Å²) < 4.78 is 53.3. The predicted octanol–water partition coefficient (Wildman–Crippen LogP) is 4.42. The Labute approximate surface area is 350 Å². The van der Waals surface area contributed by atoms with Crippen molar-refractivity contribution < 1.29 is 46.5 Å². The number of aromatic nitrogens is 3. The summed E-state index contributed by atoms with van der Waals surface area (Å²) in [7, 11) is -0.719. The van der Waals surface area contributed by atoms with Crippen molar-refractivity contribution in [3.05, 3.63) is 53.9 Å². The van der Waals surface area contributed by atoms with E-state index in [4.69, 9.17) is 23.9 Å². The van der Waals surface area contributed by atoms with E-state index in [1.54, 1.807) is 37.2 Å². The quantitative estimate of drug-likeness (QED) is 0.230. The van der Waals surface area contributed by atoms with Crippen molar-refractivity contribution in [2.45, 2.75) is 121 Å². The molecule has 0 unspecified atom stereocenters. The van der Waals surface area contributed by atoms with Gasteiger partial charge in [-0.2, -0.15) is 5.10 Å². The fourth-order valence-electron chi connectivity index (χ4n) is 8.37. The molecule has 5 atom stereocenters. The van der Waals surface area contributed by atoms with E-state index < -0.39 is 56.6 Å². The highest BCUT2D eigenvalue weighted by Crippen LogP contribution is 2.57. The van der Waals surface area contributed by atoms with Crippen LogP contribution in [0.5, 0.6) is 17.4 Å². The molecule has 60 heavy (non-hydrogen) atoms. The average Bonchev–Trinajstić information content (AvgIpc) is 4.09. The number of sulfonamides is 1. The number of benzene rings is 1. The zero-order chi connectivity index (χ0) is 42.8. The fraction of sp³-hybridized carbons (Fsp3) is 0.581. The molecule has 2 saturated carbocycles. The number of rotatable bonds is 13. The molecule has 3 amide bonds. The van der Waals surface area contributed by atoms with Crippen molar-refractivity contribution >= 4 is 44.4 Å². The summed E-state index contributed by atoms with van der Waals surface area (Å²) in [6.07, 6.45) is 9.02. The largest absolute Gasteiger partial charge is 0.496 e. The maximum absolute atomic E-state index is 14.8. The van der Waals surface area contributed by atoms with Crippen LogP contribution >= 0.6 is 0 Å². The van der Waals surface area contributed by atoms with Gasteiger partial charge in [-0.25, -0.2) is 13.4 Å². The third-order valence-electron chi connectivity index (χ3n) is 11.9. The van der Waals surface area contributed by atoms with E-state index in [0.717, 1.165) is 18.4 Å². The van der Waals surface area contributed by atoms with Gasteiger partial charge < -0.3 is 29.2 Å². The van der Waals surface area contributed by atoms with Crippen LogP contribution < -0.4 is 24.2 Å². The SMILES string of the molecule is COCCn1ccc(C(=O)N[C@H]2CCCCC/C=C\[C@H]3C[C@@]3(C(=O)NS(=O)(=O)C3CC3)CC(=O)[C@@H]3C[C@@H](Oc4cc(OC(C)C)nc5c(C)c(OC)ccc45)CN3C2=O)n1. The lowest BCUT2D eigenvalue weighted by atomic mass is 9.91. The molecule has 324 valence electrons. The number of Topliss-reactive ketones (excluding diaryl/α,β-unsaturated/α-hetero) is 1. The smallest absolute Gasteiger partial charge is 0.272 e. The van der Waals surface area contributed by atoms with Crippen molar-refractivity contribution in [3.63, 3.8) is 0 Å². The number of carbonyl (C=O) groups excluding carboxylic acids is 4. The van der Waals surface area contributed by atoms with E-state index in [9.17, 15) is 27.6 Å². The number of pyridine rings is 1. The Morgan fingerprint density at radius 1 is 1.05 bits per heavy atom. The van der Waals surface area contributed by atoms with Crippen molar-refractivity contribution in [3.8, 4) is 17.4 Å². The second-order valence-corrected chi connectivity index (χ2v) is 18.7. The van der Waals surface area contributed by atoms with E-state index in [-0.39, 0.29) is 42.9 Å². The fourth-order valence-corrected chi connectivity index (χ4v) is 9.76. The molecule has 4 aliphatic rings. The number of hydrogen-bond donors (Lipinski definition) is 2. The van der Waals surface area contributed by atoms with Crippen LogP contribution in [0.1, 0.15) is 94.1 Å². The summed E-state index contributed by atoms with van der Waals surface area (Å²) in [5.74, 6) is -0.980. The number of fused-ring (bicyclic) bond motifs is 3. The molecule has 16 nitrogen and oxygen atoms in total. The van der Waals surface area contributed by atoms with Gasteiger partial charge in [-0.05, 0) is 83.4 Å². The molecule has 2 aromatic heterocycles. The van der Waals surface area contributed by atoms with E-state index in [0.29, 0.717) is 80.0 Å². The number of aryl methyl sites for hydroxylation is 1. The summed E-state index contributed by atoms with van der Waals surface area (Å²) in [5.41, 5.74) is 0.248. The molecule has 2 aliphatic heterocycles. The highest BCUT2D eigenvalue weighted by atomic mass is 32.2. The third-order valence-corrected chi connectivity index (χ3v) is 13.7. The van der Waals surface area contributed by atoms with Crippen LogP contribution in [0.25, 0.3) is 10.9 Å². The Hall–Kier alpha value is -5.03. The first-order valence-electron chi connectivity index (χ1n) is 20.9. The van der Waals surface area contributed by atoms with Gasteiger partial charge in [-0.3, -0.25) is 28.6 Å². The van der Waals surface area contributed by atoms with Crippen molar-refractivity contribution in [2.75, 3.05) is 27.4 Å². The molecule has 1 aromatic carbocycles. The lowest BCUT2D eigenvalue weighted by Crippen LogP contribution is -2.52. The first kappa shape index (κ1) is 43.1. The van der Waals surface area contributed by atoms with Crippen molar-refractivity contribution in [2.24, 2.45) is 11.3 Å². The molecule has 7 rings (SSSR count). The Bertz CT molecular complexity index is 2250. The molecule has 3 aromatic rings. The van der Waals surface area contributed by atoms with Crippen LogP contribution in [0, 0.1) is 18.3 Å². The van der Waals surface area contributed by atoms with Gasteiger partial charge in [-0.1, -0.05) is 25.0 Å². The highest BCUT2D eigenvalue weighted by Gasteiger charge is 2.61. The summed E-state index contributed by atoms with van der Waals surface area (Å²) in [5, 5.41) is 7.36. The van der Waals surface area contributed by atoms with Crippen LogP contribution in [0.15, 0.2) is 42.6 Å². The second-order valence-electron chi connectivity index (χ2n) is 16.7. The normalized spacial score (nSPS) is 25.5. The van der Waals surface area contributed by atoms with Gasteiger partial charge in [0.2, 0.25) is 27.7 Å². The standard InChI is InChI=1S/C43H56N6O10S/c1-26(2)58-38-22-37(31-15-16-36(57-5)27(3)39(31)45-38)59-29-21-34-35(50)24-43(42(53)47-60(54,55)30-13-14-30)23-28(43)11-9-7-6-8-10-12-33(41(52)49(34)25-29)44-40(51)32-17-18-48(46-32)19-20-56-4/h9,11,15-18,22,26,28-30,33-34H,6-8,10,12-14,19-21,23-25H2,1-5H3,(H,44,51)(H,47,53)/b11-9-/t28-,29+,33-,34-,43+/m0/s1. The monoisotopic (exact) mass is 848 g/mol. The molecule has 2 aliphatic carbocycles. The van der Waals surface area contributed by atoms with Crippen LogP contribution in [0.3, 0.4) is 0 Å². The van der Waals surface area contributed by atoms with Crippen LogP contribution in [0.4, 0.5) is 0 Å². The molecule has 17 heteroatoms. The van der Waals surface area contributed by atoms with E-state index >= 15 is 0 Å². The molecule has 4 heterocycles. The minimum Gasteiger partial charge on any atom is -0.496 e. The topological polar surface area (TPSA) is 197 Å². The lowest BCUT2D eigenvalue weighted by Gasteiger charge is -2.29. The lowest BCUT2D eigenvalue weighted by molar-refractivity contribution is -0.140. The zero-order valence-electron chi connectivity index (χ0n) is 35.0. The van der Waals surface area contributed by atoms with Gasteiger partial charge in [0.15, 0.2) is 5.78 Å². The van der Waals surface area contributed by atoms with Gasteiger partial charge in [0, 0.05) is 43.2 Å². The second kappa shape index (κ2) is 17.9. The highest BCUT2D eigenvalue weighted by molar-refractivity contribution is 7.90. The number of amides is 3. The van der Waals surface area contributed by atoms with Gasteiger partial charge in [-0.15, -0.1) is 0 Å². The number of methoxy groups -OCH3 is 2. The van der Waals surface area contributed by atoms with Gasteiger partial charge in [0.1, 0.15) is 29.3 Å². The molecule has 2 N–H and O–H groups in total. The number of nitrogens with one attached hydrogen (secondary N) is 2. The van der Waals surface area contributed by atoms with Crippen molar-refractivity contribution in [1.29, 1.82) is 0 Å².